The zero-order chi connectivity index (χ0) is 11.8. The third-order valence-corrected chi connectivity index (χ3v) is 3.07. The second kappa shape index (κ2) is 3.84. The number of carbonyl (C=O) groups is 1. The highest BCUT2D eigenvalue weighted by molar-refractivity contribution is 5.97. The van der Waals surface area contributed by atoms with Gasteiger partial charge in [0.2, 0.25) is 0 Å². The molecule has 3 rings (SSSR count). The summed E-state index contributed by atoms with van der Waals surface area (Å²) in [6.07, 6.45) is 2.86. The van der Waals surface area contributed by atoms with Gasteiger partial charge in [0.05, 0.1) is 12.1 Å². The third-order valence-electron chi connectivity index (χ3n) is 3.07. The van der Waals surface area contributed by atoms with Gasteiger partial charge in [0.25, 0.3) is 5.91 Å². The number of hydrogen-bond donors (Lipinski definition) is 1. The van der Waals surface area contributed by atoms with Crippen molar-refractivity contribution in [1.29, 1.82) is 0 Å². The zero-order valence-electron chi connectivity index (χ0n) is 9.19. The van der Waals surface area contributed by atoms with Crippen LogP contribution in [0.4, 0.5) is 4.39 Å². The van der Waals surface area contributed by atoms with E-state index in [1.54, 1.807) is 17.2 Å². The molecule has 5 heteroatoms. The number of rotatable bonds is 1. The van der Waals surface area contributed by atoms with Crippen LogP contribution in [0.1, 0.15) is 16.8 Å². The predicted octanol–water partition coefficient (Wildman–Crippen LogP) is 1.75. The van der Waals surface area contributed by atoms with Crippen LogP contribution in [0.5, 0.6) is 0 Å². The van der Waals surface area contributed by atoms with Crippen LogP contribution < -0.4 is 0 Å². The Morgan fingerprint density at radius 2 is 2.47 bits per heavy atom. The van der Waals surface area contributed by atoms with Crippen molar-refractivity contribution in [2.24, 2.45) is 0 Å². The van der Waals surface area contributed by atoms with Gasteiger partial charge >= 0.3 is 0 Å². The number of H-pyrrole nitrogens is 1. The molecule has 1 unspecified atom stereocenters. The summed E-state index contributed by atoms with van der Waals surface area (Å²) in [7, 11) is 0. The van der Waals surface area contributed by atoms with Crippen molar-refractivity contribution in [1.82, 2.24) is 14.9 Å². The maximum absolute atomic E-state index is 13.0. The fraction of sp³-hybridized carbons (Fsp3) is 0.333. The van der Waals surface area contributed by atoms with Crippen LogP contribution in [0.3, 0.4) is 0 Å². The lowest BCUT2D eigenvalue weighted by molar-refractivity contribution is 0.0782. The van der Waals surface area contributed by atoms with Gasteiger partial charge in [-0.15, -0.1) is 0 Å². The fourth-order valence-corrected chi connectivity index (χ4v) is 2.14. The molecule has 0 spiro atoms. The van der Waals surface area contributed by atoms with Gasteiger partial charge in [-0.2, -0.15) is 0 Å². The minimum atomic E-state index is -0.886. The zero-order valence-corrected chi connectivity index (χ0v) is 9.19. The number of pyridine rings is 1. The first-order valence-electron chi connectivity index (χ1n) is 5.60. The molecule has 88 valence electrons. The molecule has 17 heavy (non-hydrogen) atoms. The molecule has 0 saturated carbocycles. The maximum Gasteiger partial charge on any atom is 0.255 e. The molecule has 1 amide bonds. The van der Waals surface area contributed by atoms with E-state index in [2.05, 4.69) is 9.97 Å². The highest BCUT2D eigenvalue weighted by Crippen LogP contribution is 2.17. The summed E-state index contributed by atoms with van der Waals surface area (Å²) in [5, 5.41) is 0.895. The van der Waals surface area contributed by atoms with Gasteiger partial charge in [0, 0.05) is 24.3 Å². The Labute approximate surface area is 97.4 Å². The summed E-state index contributed by atoms with van der Waals surface area (Å²) in [5.41, 5.74) is 1.28. The number of aromatic nitrogens is 2. The van der Waals surface area contributed by atoms with E-state index in [0.29, 0.717) is 18.5 Å². The molecule has 4 nitrogen and oxygen atoms in total. The number of aromatic amines is 1. The van der Waals surface area contributed by atoms with Gasteiger partial charge in [0.15, 0.2) is 0 Å². The second-order valence-electron chi connectivity index (χ2n) is 4.28. The van der Waals surface area contributed by atoms with E-state index in [4.69, 9.17) is 0 Å². The van der Waals surface area contributed by atoms with E-state index in [1.807, 2.05) is 6.07 Å². The first-order chi connectivity index (χ1) is 8.24. The van der Waals surface area contributed by atoms with Gasteiger partial charge in [-0.3, -0.25) is 4.79 Å². The van der Waals surface area contributed by atoms with Crippen molar-refractivity contribution >= 4 is 16.9 Å². The van der Waals surface area contributed by atoms with Crippen molar-refractivity contribution in [2.45, 2.75) is 12.6 Å². The van der Waals surface area contributed by atoms with Crippen LogP contribution in [0, 0.1) is 0 Å². The van der Waals surface area contributed by atoms with Crippen LogP contribution in [0.2, 0.25) is 0 Å². The second-order valence-corrected chi connectivity index (χ2v) is 4.28. The molecular formula is C12H12FN3O. The molecule has 1 N–H and O–H groups in total. The largest absolute Gasteiger partial charge is 0.346 e. The van der Waals surface area contributed by atoms with Gasteiger partial charge in [-0.1, -0.05) is 0 Å². The van der Waals surface area contributed by atoms with Crippen LogP contribution in [-0.2, 0) is 0 Å². The lowest BCUT2D eigenvalue weighted by Gasteiger charge is -2.14. The van der Waals surface area contributed by atoms with Gasteiger partial charge < -0.3 is 9.88 Å². The van der Waals surface area contributed by atoms with Crippen molar-refractivity contribution in [2.75, 3.05) is 13.1 Å². The van der Waals surface area contributed by atoms with Crippen LogP contribution in [-0.4, -0.2) is 40.0 Å². The van der Waals surface area contributed by atoms with Crippen molar-refractivity contribution in [3.05, 3.63) is 30.1 Å². The highest BCUT2D eigenvalue weighted by atomic mass is 19.1. The topological polar surface area (TPSA) is 49.0 Å². The van der Waals surface area contributed by atoms with Gasteiger partial charge in [0.1, 0.15) is 11.8 Å². The molecule has 0 aromatic carbocycles. The van der Waals surface area contributed by atoms with Crippen LogP contribution >= 0.6 is 0 Å². The normalized spacial score (nSPS) is 20.1. The molecule has 1 atom stereocenters. The number of halogens is 1. The van der Waals surface area contributed by atoms with E-state index in [0.717, 1.165) is 11.0 Å². The van der Waals surface area contributed by atoms with Gasteiger partial charge in [-0.05, 0) is 18.6 Å². The smallest absolute Gasteiger partial charge is 0.255 e. The third kappa shape index (κ3) is 1.77. The standard InChI is InChI=1S/C12H12FN3O/c13-10-2-4-16(7-10)12(17)9-5-8-1-3-14-11(8)15-6-9/h1,3,5-6,10H,2,4,7H2,(H,14,15). The van der Waals surface area contributed by atoms with Crippen LogP contribution in [0.25, 0.3) is 11.0 Å². The molecule has 1 fully saturated rings. The minimum Gasteiger partial charge on any atom is -0.346 e. The molecule has 0 bridgehead atoms. The SMILES string of the molecule is O=C(c1cnc2[nH]ccc2c1)N1CCC(F)C1. The minimum absolute atomic E-state index is 0.138. The van der Waals surface area contributed by atoms with Crippen LogP contribution in [0.15, 0.2) is 24.5 Å². The quantitative estimate of drug-likeness (QED) is 0.815. The molecule has 0 radical (unpaired) electrons. The summed E-state index contributed by atoms with van der Waals surface area (Å²) in [6, 6.07) is 3.65. The predicted molar refractivity (Wildman–Crippen MR) is 61.5 cm³/mol. The Balaban J connectivity index is 1.89. The number of likely N-dealkylation sites (tertiary alicyclic amines) is 1. The lowest BCUT2D eigenvalue weighted by atomic mass is 10.2. The molecule has 2 aromatic heterocycles. The summed E-state index contributed by atoms with van der Waals surface area (Å²) in [6.45, 7) is 0.690. The van der Waals surface area contributed by atoms with E-state index in [-0.39, 0.29) is 12.5 Å². The van der Waals surface area contributed by atoms with E-state index < -0.39 is 6.17 Å². The summed E-state index contributed by atoms with van der Waals surface area (Å²) in [4.78, 5) is 20.7. The van der Waals surface area contributed by atoms with E-state index in [9.17, 15) is 9.18 Å². The molecule has 1 aliphatic rings. The molecule has 1 saturated heterocycles. The van der Waals surface area contributed by atoms with Crippen molar-refractivity contribution in [3.8, 4) is 0 Å². The summed E-state index contributed by atoms with van der Waals surface area (Å²) >= 11 is 0. The molecule has 1 aliphatic heterocycles. The lowest BCUT2D eigenvalue weighted by Crippen LogP contribution is -2.28. The van der Waals surface area contributed by atoms with E-state index in [1.165, 1.54) is 6.20 Å². The highest BCUT2D eigenvalue weighted by Gasteiger charge is 2.26. The number of amides is 1. The first-order valence-corrected chi connectivity index (χ1v) is 5.60. The Kier molecular flexibility index (Phi) is 2.31. The number of nitrogens with zero attached hydrogens (tertiary/aromatic N) is 2. The number of fused-ring (bicyclic) bond motifs is 1. The van der Waals surface area contributed by atoms with E-state index >= 15 is 0 Å². The number of alkyl halides is 1. The first kappa shape index (κ1) is 10.3. The monoisotopic (exact) mass is 233 g/mol. The molecule has 3 heterocycles. The van der Waals surface area contributed by atoms with Crippen molar-refractivity contribution < 1.29 is 9.18 Å². The number of nitrogens with one attached hydrogen (secondary N) is 1. The Bertz CT molecular complexity index is 566. The number of hydrogen-bond acceptors (Lipinski definition) is 2. The average Bonchev–Trinajstić information content (AvgIpc) is 2.95. The van der Waals surface area contributed by atoms with Crippen molar-refractivity contribution in [3.63, 3.8) is 0 Å². The molecular weight excluding hydrogens is 221 g/mol. The molecule has 0 aliphatic carbocycles. The Morgan fingerprint density at radius 1 is 1.59 bits per heavy atom. The molecule has 2 aromatic rings. The Morgan fingerprint density at radius 3 is 3.24 bits per heavy atom. The summed E-state index contributed by atoms with van der Waals surface area (Å²) in [5.74, 6) is -0.138. The number of carbonyl (C=O) groups excluding carboxylic acids is 1. The van der Waals surface area contributed by atoms with Gasteiger partial charge in [-0.25, -0.2) is 9.37 Å². The maximum atomic E-state index is 13.0. The summed E-state index contributed by atoms with van der Waals surface area (Å²) < 4.78 is 13.0. The Hall–Kier alpha value is -1.91. The fourth-order valence-electron chi connectivity index (χ4n) is 2.14. The average molecular weight is 233 g/mol.